The number of anilines is 1. The summed E-state index contributed by atoms with van der Waals surface area (Å²) in [6.07, 6.45) is 2.79. The van der Waals surface area contributed by atoms with Crippen molar-refractivity contribution in [1.29, 1.82) is 0 Å². The lowest BCUT2D eigenvalue weighted by Gasteiger charge is -2.19. The molecular formula is C16H14ClN3O3. The molecule has 7 heteroatoms. The molecule has 0 bridgehead atoms. The smallest absolute Gasteiger partial charge is 0.295 e. The lowest BCUT2D eigenvalue weighted by molar-refractivity contribution is 0.0963. The fourth-order valence-corrected chi connectivity index (χ4v) is 2.55. The van der Waals surface area contributed by atoms with Crippen molar-refractivity contribution in [3.05, 3.63) is 47.6 Å². The summed E-state index contributed by atoms with van der Waals surface area (Å²) in [6, 6.07) is 7.06. The van der Waals surface area contributed by atoms with Crippen LogP contribution in [0.5, 0.6) is 5.75 Å². The van der Waals surface area contributed by atoms with Gasteiger partial charge >= 0.3 is 0 Å². The number of carbonyl (C=O) groups is 1. The molecular weight excluding hydrogens is 318 g/mol. The molecule has 0 aliphatic carbocycles. The Morgan fingerprint density at radius 1 is 1.43 bits per heavy atom. The van der Waals surface area contributed by atoms with Crippen LogP contribution in [0.2, 0.25) is 5.02 Å². The van der Waals surface area contributed by atoms with Crippen molar-refractivity contribution in [3.63, 3.8) is 0 Å². The summed E-state index contributed by atoms with van der Waals surface area (Å²) in [5.41, 5.74) is 0.581. The first kappa shape index (κ1) is 15.3. The van der Waals surface area contributed by atoms with Gasteiger partial charge in [-0.15, -0.1) is 0 Å². The third-order valence-corrected chi connectivity index (χ3v) is 3.68. The fourth-order valence-electron chi connectivity index (χ4n) is 2.34. The molecule has 2 aromatic heterocycles. The number of benzene rings is 1. The number of furan rings is 1. The standard InChI is InChI=1S/C16H14ClN3O3/c1-3-20(15-11(17)8-18-9-19-15)16(21)14-7-10-12(22-2)5-4-6-13(10)23-14/h4-9H,3H2,1-2H3. The molecule has 0 aliphatic heterocycles. The maximum absolute atomic E-state index is 12.8. The number of carbonyl (C=O) groups excluding carboxylic acids is 1. The van der Waals surface area contributed by atoms with Gasteiger partial charge in [0.05, 0.1) is 18.7 Å². The highest BCUT2D eigenvalue weighted by Gasteiger charge is 2.23. The average molecular weight is 332 g/mol. The molecule has 23 heavy (non-hydrogen) atoms. The number of hydrogen-bond acceptors (Lipinski definition) is 5. The number of rotatable bonds is 4. The molecule has 0 spiro atoms. The SMILES string of the molecule is CCN(C(=O)c1cc2c(OC)cccc2o1)c1ncncc1Cl. The number of fused-ring (bicyclic) bond motifs is 1. The van der Waals surface area contributed by atoms with Crippen LogP contribution in [-0.2, 0) is 0 Å². The van der Waals surface area contributed by atoms with Crippen LogP contribution in [0, 0.1) is 0 Å². The van der Waals surface area contributed by atoms with Crippen LogP contribution in [0.25, 0.3) is 11.0 Å². The van der Waals surface area contributed by atoms with E-state index in [0.717, 1.165) is 5.39 Å². The molecule has 3 aromatic rings. The van der Waals surface area contributed by atoms with E-state index in [9.17, 15) is 4.79 Å². The van der Waals surface area contributed by atoms with Crippen LogP contribution in [0.15, 0.2) is 41.2 Å². The minimum atomic E-state index is -0.327. The maximum atomic E-state index is 12.8. The van der Waals surface area contributed by atoms with Crippen molar-refractivity contribution >= 4 is 34.3 Å². The predicted molar refractivity (Wildman–Crippen MR) is 87.2 cm³/mol. The van der Waals surface area contributed by atoms with E-state index < -0.39 is 0 Å². The van der Waals surface area contributed by atoms with Crippen molar-refractivity contribution < 1.29 is 13.9 Å². The lowest BCUT2D eigenvalue weighted by atomic mass is 10.2. The van der Waals surface area contributed by atoms with E-state index in [1.165, 1.54) is 17.4 Å². The fraction of sp³-hybridized carbons (Fsp3) is 0.188. The van der Waals surface area contributed by atoms with Gasteiger partial charge in [0, 0.05) is 12.6 Å². The first-order chi connectivity index (χ1) is 11.2. The summed E-state index contributed by atoms with van der Waals surface area (Å²) in [7, 11) is 1.57. The van der Waals surface area contributed by atoms with Gasteiger partial charge in [-0.25, -0.2) is 9.97 Å². The van der Waals surface area contributed by atoms with Crippen LogP contribution >= 0.6 is 11.6 Å². The average Bonchev–Trinajstić information content (AvgIpc) is 3.01. The minimum absolute atomic E-state index is 0.195. The van der Waals surface area contributed by atoms with Crippen molar-refractivity contribution in [2.75, 3.05) is 18.6 Å². The zero-order chi connectivity index (χ0) is 16.4. The van der Waals surface area contributed by atoms with Gasteiger partial charge < -0.3 is 9.15 Å². The van der Waals surface area contributed by atoms with Crippen LogP contribution in [0.3, 0.4) is 0 Å². The summed E-state index contributed by atoms with van der Waals surface area (Å²) < 4.78 is 10.9. The van der Waals surface area contributed by atoms with Gasteiger partial charge in [-0.1, -0.05) is 17.7 Å². The van der Waals surface area contributed by atoms with E-state index in [4.69, 9.17) is 20.8 Å². The van der Waals surface area contributed by atoms with Gasteiger partial charge in [0.25, 0.3) is 5.91 Å². The molecule has 3 rings (SSSR count). The van der Waals surface area contributed by atoms with E-state index in [0.29, 0.717) is 28.7 Å². The van der Waals surface area contributed by atoms with Crippen LogP contribution < -0.4 is 9.64 Å². The molecule has 0 atom stereocenters. The van der Waals surface area contributed by atoms with Gasteiger partial charge in [-0.05, 0) is 19.1 Å². The van der Waals surface area contributed by atoms with E-state index in [-0.39, 0.29) is 11.7 Å². The Kier molecular flexibility index (Phi) is 4.16. The Hall–Kier alpha value is -2.60. The van der Waals surface area contributed by atoms with Crippen molar-refractivity contribution in [3.8, 4) is 5.75 Å². The highest BCUT2D eigenvalue weighted by molar-refractivity contribution is 6.33. The number of methoxy groups -OCH3 is 1. The van der Waals surface area contributed by atoms with Crippen LogP contribution in [-0.4, -0.2) is 29.5 Å². The van der Waals surface area contributed by atoms with Gasteiger partial charge in [-0.3, -0.25) is 9.69 Å². The molecule has 0 fully saturated rings. The monoisotopic (exact) mass is 331 g/mol. The summed E-state index contributed by atoms with van der Waals surface area (Å²) >= 11 is 6.09. The van der Waals surface area contributed by atoms with Crippen molar-refractivity contribution in [2.45, 2.75) is 6.92 Å². The summed E-state index contributed by atoms with van der Waals surface area (Å²) in [4.78, 5) is 22.1. The molecule has 0 saturated carbocycles. The van der Waals surface area contributed by atoms with Crippen molar-refractivity contribution in [1.82, 2.24) is 9.97 Å². The van der Waals surface area contributed by atoms with Gasteiger partial charge in [-0.2, -0.15) is 0 Å². The number of amides is 1. The lowest BCUT2D eigenvalue weighted by Crippen LogP contribution is -2.31. The molecule has 1 aromatic carbocycles. The topological polar surface area (TPSA) is 68.5 Å². The molecule has 0 aliphatic rings. The second-order valence-electron chi connectivity index (χ2n) is 4.73. The molecule has 6 nitrogen and oxygen atoms in total. The van der Waals surface area contributed by atoms with Crippen LogP contribution in [0.1, 0.15) is 17.5 Å². The van der Waals surface area contributed by atoms with Gasteiger partial charge in [0.15, 0.2) is 11.6 Å². The highest BCUT2D eigenvalue weighted by atomic mass is 35.5. The molecule has 0 N–H and O–H groups in total. The summed E-state index contributed by atoms with van der Waals surface area (Å²) in [5.74, 6) is 0.863. The molecule has 0 radical (unpaired) electrons. The largest absolute Gasteiger partial charge is 0.496 e. The Balaban J connectivity index is 2.03. The van der Waals surface area contributed by atoms with Crippen LogP contribution in [0.4, 0.5) is 5.82 Å². The number of halogens is 1. The van der Waals surface area contributed by atoms with E-state index in [2.05, 4.69) is 9.97 Å². The maximum Gasteiger partial charge on any atom is 0.295 e. The van der Waals surface area contributed by atoms with Gasteiger partial charge in [0.1, 0.15) is 22.7 Å². The zero-order valence-electron chi connectivity index (χ0n) is 12.6. The highest BCUT2D eigenvalue weighted by Crippen LogP contribution is 2.30. The predicted octanol–water partition coefficient (Wildman–Crippen LogP) is 3.55. The van der Waals surface area contributed by atoms with Crippen molar-refractivity contribution in [2.24, 2.45) is 0 Å². The third kappa shape index (κ3) is 2.73. The normalized spacial score (nSPS) is 10.7. The second-order valence-corrected chi connectivity index (χ2v) is 5.13. The molecule has 1 amide bonds. The summed E-state index contributed by atoms with van der Waals surface area (Å²) in [5, 5.41) is 1.04. The second kappa shape index (κ2) is 6.26. The Morgan fingerprint density at radius 2 is 2.26 bits per heavy atom. The number of nitrogens with zero attached hydrogens (tertiary/aromatic N) is 3. The quantitative estimate of drug-likeness (QED) is 0.731. The molecule has 2 heterocycles. The third-order valence-electron chi connectivity index (χ3n) is 3.42. The Morgan fingerprint density at radius 3 is 2.96 bits per heavy atom. The number of hydrogen-bond donors (Lipinski definition) is 0. The zero-order valence-corrected chi connectivity index (χ0v) is 13.4. The molecule has 0 unspecified atom stereocenters. The first-order valence-corrected chi connectivity index (χ1v) is 7.37. The molecule has 0 saturated heterocycles. The minimum Gasteiger partial charge on any atom is -0.496 e. The Bertz CT molecular complexity index is 863. The Labute approximate surface area is 137 Å². The van der Waals surface area contributed by atoms with E-state index in [1.54, 1.807) is 25.3 Å². The van der Waals surface area contributed by atoms with E-state index >= 15 is 0 Å². The first-order valence-electron chi connectivity index (χ1n) is 6.99. The number of ether oxygens (including phenoxy) is 1. The summed E-state index contributed by atoms with van der Waals surface area (Å²) in [6.45, 7) is 2.23. The van der Waals surface area contributed by atoms with E-state index in [1.807, 2.05) is 13.0 Å². The molecule has 118 valence electrons. The van der Waals surface area contributed by atoms with Gasteiger partial charge in [0.2, 0.25) is 0 Å². The number of aromatic nitrogens is 2.